The van der Waals surface area contributed by atoms with Gasteiger partial charge in [0.15, 0.2) is 0 Å². The first-order chi connectivity index (χ1) is 11.2. The maximum absolute atomic E-state index is 12.4. The lowest BCUT2D eigenvalue weighted by Gasteiger charge is -2.11. The predicted molar refractivity (Wildman–Crippen MR) is 95.4 cm³/mol. The van der Waals surface area contributed by atoms with Crippen LogP contribution in [0.3, 0.4) is 0 Å². The van der Waals surface area contributed by atoms with E-state index in [9.17, 15) is 4.79 Å². The van der Waals surface area contributed by atoms with E-state index in [4.69, 9.17) is 0 Å². The van der Waals surface area contributed by atoms with Gasteiger partial charge >= 0.3 is 0 Å². The van der Waals surface area contributed by atoms with Crippen LogP contribution in [0.5, 0.6) is 0 Å². The number of carbonyl (C=O) groups excluding carboxylic acids is 1. The summed E-state index contributed by atoms with van der Waals surface area (Å²) < 4.78 is 0. The maximum atomic E-state index is 12.4. The fraction of sp³-hybridized carbons (Fsp3) is 0.278. The topological polar surface area (TPSA) is 53.2 Å². The van der Waals surface area contributed by atoms with Gasteiger partial charge in [-0.05, 0) is 49.4 Å². The zero-order valence-electron chi connectivity index (χ0n) is 13.3. The van der Waals surface area contributed by atoms with E-state index in [2.05, 4.69) is 47.4 Å². The number of amides is 1. The molecule has 1 aliphatic heterocycles. The van der Waals surface area contributed by atoms with Crippen molar-refractivity contribution in [2.75, 3.05) is 11.6 Å². The normalized spacial score (nSPS) is 20.4. The third-order valence-electron chi connectivity index (χ3n) is 4.06. The zero-order valence-corrected chi connectivity index (χ0v) is 14.1. The van der Waals surface area contributed by atoms with Gasteiger partial charge in [-0.3, -0.25) is 4.79 Å². The molecule has 1 heterocycles. The molecule has 2 aromatic carbocycles. The molecule has 1 aliphatic rings. The van der Waals surface area contributed by atoms with Crippen LogP contribution in [0.2, 0.25) is 0 Å². The first kappa shape index (κ1) is 16.1. The molecule has 2 unspecified atom stereocenters. The number of nitrogens with one attached hydrogen (secondary N) is 3. The van der Waals surface area contributed by atoms with Crippen molar-refractivity contribution in [3.8, 4) is 0 Å². The molecular formula is C18H21N3OS. The maximum Gasteiger partial charge on any atom is 0.242 e. The minimum atomic E-state index is -0.235. The number of rotatable bonds is 4. The summed E-state index contributed by atoms with van der Waals surface area (Å²) in [6, 6.07) is 16.2. The molecule has 0 spiro atoms. The number of anilines is 1. The van der Waals surface area contributed by atoms with Crippen molar-refractivity contribution in [2.24, 2.45) is 0 Å². The number of benzene rings is 2. The molecule has 4 nitrogen and oxygen atoms in total. The first-order valence-electron chi connectivity index (χ1n) is 7.68. The van der Waals surface area contributed by atoms with Gasteiger partial charge in [0.05, 0.1) is 0 Å². The molecule has 120 valence electrons. The predicted octanol–water partition coefficient (Wildman–Crippen LogP) is 3.26. The molecular weight excluding hydrogens is 306 g/mol. The second-order valence-corrected chi connectivity index (χ2v) is 6.64. The van der Waals surface area contributed by atoms with E-state index in [0.717, 1.165) is 12.1 Å². The average molecular weight is 327 g/mol. The Morgan fingerprint density at radius 3 is 2.43 bits per heavy atom. The molecule has 1 saturated heterocycles. The Hall–Kier alpha value is -1.82. The van der Waals surface area contributed by atoms with E-state index in [1.807, 2.05) is 30.5 Å². The molecule has 0 aromatic heterocycles. The molecule has 3 N–H and O–H groups in total. The summed E-state index contributed by atoms with van der Waals surface area (Å²) >= 11 is 1.69. The molecule has 0 radical (unpaired) electrons. The molecule has 5 heteroatoms. The standard InChI is InChI=1S/C18H21N3OS/c1-12-3-5-13(6-4-12)16-11-17(21-20-16)18(22)19-14-7-9-15(23-2)10-8-14/h3-10,16-17,20-21H,11H2,1-2H3,(H,19,22). The van der Waals surface area contributed by atoms with Crippen LogP contribution in [0.15, 0.2) is 53.4 Å². The monoisotopic (exact) mass is 327 g/mol. The lowest BCUT2D eigenvalue weighted by Crippen LogP contribution is -2.39. The van der Waals surface area contributed by atoms with Gasteiger partial charge in [-0.15, -0.1) is 11.8 Å². The molecule has 0 aliphatic carbocycles. The smallest absolute Gasteiger partial charge is 0.242 e. The highest BCUT2D eigenvalue weighted by molar-refractivity contribution is 7.98. The summed E-state index contributed by atoms with van der Waals surface area (Å²) in [5, 5.41) is 2.97. The number of hydrogen-bond donors (Lipinski definition) is 3. The van der Waals surface area contributed by atoms with Gasteiger partial charge in [-0.25, -0.2) is 10.9 Å². The van der Waals surface area contributed by atoms with E-state index in [1.54, 1.807) is 11.8 Å². The molecule has 1 amide bonds. The summed E-state index contributed by atoms with van der Waals surface area (Å²) in [6.07, 6.45) is 2.77. The minimum absolute atomic E-state index is 0.0102. The highest BCUT2D eigenvalue weighted by Crippen LogP contribution is 2.23. The van der Waals surface area contributed by atoms with E-state index in [-0.39, 0.29) is 18.0 Å². The average Bonchev–Trinajstić information content (AvgIpc) is 3.06. The van der Waals surface area contributed by atoms with Crippen LogP contribution in [0.1, 0.15) is 23.6 Å². The molecule has 0 saturated carbocycles. The Bertz CT molecular complexity index is 670. The SMILES string of the molecule is CSc1ccc(NC(=O)C2CC(c3ccc(C)cc3)NN2)cc1. The van der Waals surface area contributed by atoms with Crippen LogP contribution in [0.25, 0.3) is 0 Å². The lowest BCUT2D eigenvalue weighted by atomic mass is 10.0. The third kappa shape index (κ3) is 3.93. The summed E-state index contributed by atoms with van der Waals surface area (Å²) in [7, 11) is 0. The lowest BCUT2D eigenvalue weighted by molar-refractivity contribution is -0.117. The molecule has 3 rings (SSSR count). The van der Waals surface area contributed by atoms with Crippen LogP contribution in [0.4, 0.5) is 5.69 Å². The van der Waals surface area contributed by atoms with Crippen molar-refractivity contribution in [1.82, 2.24) is 10.9 Å². The number of hydrogen-bond acceptors (Lipinski definition) is 4. The van der Waals surface area contributed by atoms with Crippen molar-refractivity contribution < 1.29 is 4.79 Å². The van der Waals surface area contributed by atoms with E-state index >= 15 is 0 Å². The van der Waals surface area contributed by atoms with Gasteiger partial charge in [0.1, 0.15) is 6.04 Å². The number of aryl methyl sites for hydroxylation is 1. The van der Waals surface area contributed by atoms with Gasteiger partial charge in [0, 0.05) is 16.6 Å². The quantitative estimate of drug-likeness (QED) is 0.755. The summed E-state index contributed by atoms with van der Waals surface area (Å²) in [4.78, 5) is 13.6. The van der Waals surface area contributed by atoms with Crippen molar-refractivity contribution in [2.45, 2.75) is 30.3 Å². The number of thioether (sulfide) groups is 1. The van der Waals surface area contributed by atoms with Crippen molar-refractivity contribution in [3.63, 3.8) is 0 Å². The first-order valence-corrected chi connectivity index (χ1v) is 8.91. The Morgan fingerprint density at radius 2 is 1.78 bits per heavy atom. The van der Waals surface area contributed by atoms with Crippen molar-refractivity contribution in [1.29, 1.82) is 0 Å². The molecule has 2 atom stereocenters. The largest absolute Gasteiger partial charge is 0.325 e. The molecule has 0 bridgehead atoms. The Labute approximate surface area is 141 Å². The van der Waals surface area contributed by atoms with Gasteiger partial charge in [-0.1, -0.05) is 29.8 Å². The second-order valence-electron chi connectivity index (χ2n) is 5.76. The van der Waals surface area contributed by atoms with Gasteiger partial charge < -0.3 is 5.32 Å². The van der Waals surface area contributed by atoms with Gasteiger partial charge in [-0.2, -0.15) is 0 Å². The van der Waals surface area contributed by atoms with Crippen LogP contribution in [0, 0.1) is 6.92 Å². The zero-order chi connectivity index (χ0) is 16.2. The van der Waals surface area contributed by atoms with Crippen LogP contribution in [-0.2, 0) is 4.79 Å². The van der Waals surface area contributed by atoms with Crippen LogP contribution in [-0.4, -0.2) is 18.2 Å². The van der Waals surface area contributed by atoms with Crippen molar-refractivity contribution >= 4 is 23.4 Å². The fourth-order valence-electron chi connectivity index (χ4n) is 2.65. The highest BCUT2D eigenvalue weighted by Gasteiger charge is 2.30. The second kappa shape index (κ2) is 7.17. The number of hydrazine groups is 1. The third-order valence-corrected chi connectivity index (χ3v) is 4.80. The Balaban J connectivity index is 1.59. The Morgan fingerprint density at radius 1 is 1.09 bits per heavy atom. The van der Waals surface area contributed by atoms with Crippen LogP contribution < -0.4 is 16.2 Å². The molecule has 2 aromatic rings. The van der Waals surface area contributed by atoms with E-state index < -0.39 is 0 Å². The van der Waals surface area contributed by atoms with E-state index in [0.29, 0.717) is 0 Å². The van der Waals surface area contributed by atoms with Crippen molar-refractivity contribution in [3.05, 3.63) is 59.7 Å². The number of carbonyl (C=O) groups is 1. The minimum Gasteiger partial charge on any atom is -0.325 e. The fourth-order valence-corrected chi connectivity index (χ4v) is 3.06. The van der Waals surface area contributed by atoms with Crippen LogP contribution >= 0.6 is 11.8 Å². The summed E-state index contributed by atoms with van der Waals surface area (Å²) in [5.41, 5.74) is 9.57. The molecule has 1 fully saturated rings. The van der Waals surface area contributed by atoms with Gasteiger partial charge in [0.25, 0.3) is 0 Å². The Kier molecular flexibility index (Phi) is 5.00. The summed E-state index contributed by atoms with van der Waals surface area (Å²) in [6.45, 7) is 2.07. The summed E-state index contributed by atoms with van der Waals surface area (Å²) in [5.74, 6) is -0.0102. The van der Waals surface area contributed by atoms with E-state index in [1.165, 1.54) is 16.0 Å². The molecule has 23 heavy (non-hydrogen) atoms. The van der Waals surface area contributed by atoms with Gasteiger partial charge in [0.2, 0.25) is 5.91 Å². The highest BCUT2D eigenvalue weighted by atomic mass is 32.2.